The van der Waals surface area contributed by atoms with Gasteiger partial charge in [0.2, 0.25) is 0 Å². The molecule has 1 amide bonds. The Hall–Kier alpha value is -3.43. The number of methoxy groups -OCH3 is 1. The van der Waals surface area contributed by atoms with Gasteiger partial charge in [0.05, 0.1) is 18.9 Å². The summed E-state index contributed by atoms with van der Waals surface area (Å²) >= 11 is 2.58. The number of aryl methyl sites for hydroxylation is 2. The molecule has 3 heterocycles. The number of aromatic nitrogens is 1. The second kappa shape index (κ2) is 11.1. The van der Waals surface area contributed by atoms with Crippen molar-refractivity contribution >= 4 is 55.5 Å². The maximum absolute atomic E-state index is 13.5. The number of ether oxygens (including phenoxy) is 2. The Morgan fingerprint density at radius 3 is 2.53 bits per heavy atom. The van der Waals surface area contributed by atoms with Crippen molar-refractivity contribution in [1.82, 2.24) is 4.98 Å². The standard InChI is InChI=1S/C29H31N3O4S2/c1-16(2)36-29(34)23-21(17-10-12-19(35-3)13-11-17)15-37-28(23)32-26(33)25-24(30)20-14-18-8-6-4-5-7-9-22(18)31-27(20)38-25/h10-16H,4-9,30H2,1-3H3,(H,32,33). The number of carbonyl (C=O) groups excluding carboxylic acids is 2. The van der Waals surface area contributed by atoms with Crippen LogP contribution in [0.4, 0.5) is 10.7 Å². The largest absolute Gasteiger partial charge is 0.497 e. The van der Waals surface area contributed by atoms with Crippen LogP contribution in [0.3, 0.4) is 0 Å². The Morgan fingerprint density at radius 2 is 1.82 bits per heavy atom. The fraction of sp³-hybridized carbons (Fsp3) is 0.345. The molecule has 5 rings (SSSR count). The molecule has 0 spiro atoms. The van der Waals surface area contributed by atoms with Gasteiger partial charge in [0.15, 0.2) is 0 Å². The lowest BCUT2D eigenvalue weighted by Gasteiger charge is -2.12. The summed E-state index contributed by atoms with van der Waals surface area (Å²) in [6.07, 6.45) is 6.35. The van der Waals surface area contributed by atoms with E-state index in [1.807, 2.05) is 29.6 Å². The highest BCUT2D eigenvalue weighted by Crippen LogP contribution is 2.39. The third-order valence-corrected chi connectivity index (χ3v) is 8.68. The van der Waals surface area contributed by atoms with E-state index in [-0.39, 0.29) is 12.0 Å². The van der Waals surface area contributed by atoms with Crippen LogP contribution in [-0.4, -0.2) is 30.1 Å². The van der Waals surface area contributed by atoms with Crippen molar-refractivity contribution in [1.29, 1.82) is 0 Å². The first-order valence-electron chi connectivity index (χ1n) is 12.8. The summed E-state index contributed by atoms with van der Waals surface area (Å²) in [5.74, 6) is -0.140. The predicted octanol–water partition coefficient (Wildman–Crippen LogP) is 7.09. The van der Waals surface area contributed by atoms with Gasteiger partial charge in [-0.1, -0.05) is 25.0 Å². The highest BCUT2D eigenvalue weighted by molar-refractivity contribution is 7.21. The fourth-order valence-corrected chi connectivity index (χ4v) is 6.69. The smallest absolute Gasteiger partial charge is 0.342 e. The molecule has 0 fully saturated rings. The van der Waals surface area contributed by atoms with Crippen LogP contribution in [-0.2, 0) is 17.6 Å². The lowest BCUT2D eigenvalue weighted by atomic mass is 9.96. The summed E-state index contributed by atoms with van der Waals surface area (Å²) in [4.78, 5) is 32.7. The average molecular weight is 550 g/mol. The summed E-state index contributed by atoms with van der Waals surface area (Å²) in [5, 5.41) is 6.04. The van der Waals surface area contributed by atoms with E-state index in [4.69, 9.17) is 20.2 Å². The number of nitrogens with one attached hydrogen (secondary N) is 1. The number of fused-ring (bicyclic) bond motifs is 2. The van der Waals surface area contributed by atoms with E-state index in [1.165, 1.54) is 41.1 Å². The van der Waals surface area contributed by atoms with Gasteiger partial charge in [0.1, 0.15) is 26.0 Å². The lowest BCUT2D eigenvalue weighted by Crippen LogP contribution is -2.16. The first-order valence-corrected chi connectivity index (χ1v) is 14.5. The molecule has 9 heteroatoms. The number of hydrogen-bond donors (Lipinski definition) is 2. The summed E-state index contributed by atoms with van der Waals surface area (Å²) in [6.45, 7) is 3.59. The van der Waals surface area contributed by atoms with Crippen LogP contribution in [0.15, 0.2) is 35.7 Å². The maximum atomic E-state index is 13.5. The molecule has 0 bridgehead atoms. The summed E-state index contributed by atoms with van der Waals surface area (Å²) in [7, 11) is 1.60. The molecular formula is C29H31N3O4S2. The van der Waals surface area contributed by atoms with Crippen molar-refractivity contribution in [2.75, 3.05) is 18.2 Å². The molecule has 0 saturated heterocycles. The SMILES string of the molecule is COc1ccc(-c2csc(NC(=O)c3sc4nc5c(cc4c3N)CCCCCC5)c2C(=O)OC(C)C)cc1. The first kappa shape index (κ1) is 26.2. The number of esters is 1. The van der Waals surface area contributed by atoms with E-state index in [2.05, 4.69) is 11.4 Å². The van der Waals surface area contributed by atoms with Crippen LogP contribution < -0.4 is 15.8 Å². The van der Waals surface area contributed by atoms with Crippen LogP contribution in [0, 0.1) is 0 Å². The Balaban J connectivity index is 1.49. The number of anilines is 2. The van der Waals surface area contributed by atoms with Crippen LogP contribution in [0.25, 0.3) is 21.3 Å². The molecule has 0 radical (unpaired) electrons. The lowest BCUT2D eigenvalue weighted by molar-refractivity contribution is 0.0380. The van der Waals surface area contributed by atoms with E-state index in [1.54, 1.807) is 21.0 Å². The number of amides is 1. The van der Waals surface area contributed by atoms with Crippen molar-refractivity contribution < 1.29 is 19.1 Å². The van der Waals surface area contributed by atoms with E-state index in [9.17, 15) is 9.59 Å². The van der Waals surface area contributed by atoms with Crippen molar-refractivity contribution in [3.8, 4) is 16.9 Å². The number of benzene rings is 1. The molecule has 0 saturated carbocycles. The van der Waals surface area contributed by atoms with Crippen molar-refractivity contribution in [2.24, 2.45) is 0 Å². The summed E-state index contributed by atoms with van der Waals surface area (Å²) in [6, 6.07) is 9.53. The van der Waals surface area contributed by atoms with Crippen molar-refractivity contribution in [2.45, 2.75) is 58.5 Å². The van der Waals surface area contributed by atoms with Gasteiger partial charge >= 0.3 is 5.97 Å². The number of nitrogens with zero attached hydrogens (tertiary/aromatic N) is 1. The summed E-state index contributed by atoms with van der Waals surface area (Å²) < 4.78 is 10.8. The molecule has 3 aromatic heterocycles. The Kier molecular flexibility index (Phi) is 7.67. The normalized spacial score (nSPS) is 13.6. The molecule has 0 atom stereocenters. The molecule has 0 unspecified atom stereocenters. The molecule has 0 aliphatic heterocycles. The van der Waals surface area contributed by atoms with E-state index in [0.717, 1.165) is 47.2 Å². The maximum Gasteiger partial charge on any atom is 0.342 e. The number of pyridine rings is 1. The third-order valence-electron chi connectivity index (χ3n) is 6.67. The van der Waals surface area contributed by atoms with Crippen LogP contribution in [0.2, 0.25) is 0 Å². The molecule has 1 aromatic carbocycles. The zero-order valence-electron chi connectivity index (χ0n) is 21.8. The minimum atomic E-state index is -0.492. The van der Waals surface area contributed by atoms with Gasteiger partial charge in [-0.05, 0) is 68.9 Å². The van der Waals surface area contributed by atoms with Gasteiger partial charge in [-0.3, -0.25) is 4.79 Å². The molecule has 7 nitrogen and oxygen atoms in total. The molecule has 198 valence electrons. The zero-order chi connectivity index (χ0) is 26.8. The topological polar surface area (TPSA) is 104 Å². The van der Waals surface area contributed by atoms with E-state index in [0.29, 0.717) is 32.4 Å². The highest BCUT2D eigenvalue weighted by atomic mass is 32.1. The van der Waals surface area contributed by atoms with Gasteiger partial charge in [0, 0.05) is 22.0 Å². The van der Waals surface area contributed by atoms with Gasteiger partial charge in [-0.2, -0.15) is 0 Å². The monoisotopic (exact) mass is 549 g/mol. The van der Waals surface area contributed by atoms with E-state index < -0.39 is 5.97 Å². The van der Waals surface area contributed by atoms with Crippen LogP contribution in [0.5, 0.6) is 5.75 Å². The van der Waals surface area contributed by atoms with Crippen LogP contribution in [0.1, 0.15) is 70.8 Å². The molecule has 1 aliphatic rings. The second-order valence-corrected chi connectivity index (χ2v) is 11.6. The zero-order valence-corrected chi connectivity index (χ0v) is 23.4. The molecule has 38 heavy (non-hydrogen) atoms. The van der Waals surface area contributed by atoms with Crippen LogP contribution >= 0.6 is 22.7 Å². The van der Waals surface area contributed by atoms with Gasteiger partial charge in [-0.15, -0.1) is 22.7 Å². The second-order valence-electron chi connectivity index (χ2n) is 9.70. The summed E-state index contributed by atoms with van der Waals surface area (Å²) in [5.41, 5.74) is 11.1. The average Bonchev–Trinajstić information content (AvgIpc) is 3.44. The first-order chi connectivity index (χ1) is 18.4. The molecule has 3 N–H and O–H groups in total. The fourth-order valence-electron chi connectivity index (χ4n) is 4.75. The molecule has 1 aliphatic carbocycles. The minimum absolute atomic E-state index is 0.307. The highest BCUT2D eigenvalue weighted by Gasteiger charge is 2.26. The quantitative estimate of drug-likeness (QED) is 0.249. The van der Waals surface area contributed by atoms with E-state index >= 15 is 0 Å². The number of nitrogen functional groups attached to an aromatic ring is 1. The van der Waals surface area contributed by atoms with Crippen molar-refractivity contribution in [3.63, 3.8) is 0 Å². The Labute approximate surface area is 230 Å². The minimum Gasteiger partial charge on any atom is -0.497 e. The number of thiophene rings is 2. The van der Waals surface area contributed by atoms with Gasteiger partial charge < -0.3 is 20.5 Å². The van der Waals surface area contributed by atoms with Gasteiger partial charge in [0.25, 0.3) is 5.91 Å². The predicted molar refractivity (Wildman–Crippen MR) is 155 cm³/mol. The number of hydrogen-bond acceptors (Lipinski definition) is 8. The van der Waals surface area contributed by atoms with Crippen molar-refractivity contribution in [3.05, 3.63) is 57.4 Å². The Morgan fingerprint density at radius 1 is 1.08 bits per heavy atom. The Bertz CT molecular complexity index is 1490. The number of carbonyl (C=O) groups is 2. The molecular weight excluding hydrogens is 518 g/mol. The third kappa shape index (κ3) is 5.26. The van der Waals surface area contributed by atoms with Gasteiger partial charge in [-0.25, -0.2) is 9.78 Å². The number of rotatable bonds is 6. The number of nitrogens with two attached hydrogens (primary N) is 1. The molecule has 4 aromatic rings.